The average Bonchev–Trinajstić information content (AvgIpc) is 3.35. The molecule has 0 aromatic heterocycles. The van der Waals surface area contributed by atoms with Crippen molar-refractivity contribution in [2.45, 2.75) is 18.9 Å². The van der Waals surface area contributed by atoms with Crippen LogP contribution in [0.4, 0.5) is 5.69 Å². The predicted octanol–water partition coefficient (Wildman–Crippen LogP) is 4.09. The van der Waals surface area contributed by atoms with Gasteiger partial charge in [0.2, 0.25) is 5.91 Å². The number of nitrogens with zero attached hydrogens (tertiary/aromatic N) is 1. The minimum Gasteiger partial charge on any atom is -0.325 e. The number of carbonyl (C=O) groups is 3. The lowest BCUT2D eigenvalue weighted by molar-refractivity contribution is -0.133. The van der Waals surface area contributed by atoms with E-state index in [1.165, 1.54) is 0 Å². The summed E-state index contributed by atoms with van der Waals surface area (Å²) in [7, 11) is 0. The van der Waals surface area contributed by atoms with Gasteiger partial charge >= 0.3 is 0 Å². The fourth-order valence-corrected chi connectivity index (χ4v) is 3.84. The first kappa shape index (κ1) is 22.0. The molecule has 3 aromatic carbocycles. The second-order valence-corrected chi connectivity index (χ2v) is 7.80. The molecule has 6 heteroatoms. The van der Waals surface area contributed by atoms with E-state index in [1.807, 2.05) is 54.6 Å². The maximum atomic E-state index is 13.5. The number of nitrogens with one attached hydrogen (secondary N) is 2. The second-order valence-electron chi connectivity index (χ2n) is 7.80. The summed E-state index contributed by atoms with van der Waals surface area (Å²) >= 11 is 0. The highest BCUT2D eigenvalue weighted by molar-refractivity contribution is 6.07. The Bertz CT molecular complexity index is 1150. The van der Waals surface area contributed by atoms with Gasteiger partial charge in [-0.25, -0.2) is 0 Å². The first-order valence-electron chi connectivity index (χ1n) is 10.9. The van der Waals surface area contributed by atoms with E-state index < -0.39 is 6.04 Å². The van der Waals surface area contributed by atoms with Gasteiger partial charge in [0.25, 0.3) is 11.8 Å². The molecule has 2 N–H and O–H groups in total. The molecule has 0 aliphatic carbocycles. The Kier molecular flexibility index (Phi) is 6.95. The van der Waals surface area contributed by atoms with E-state index in [4.69, 9.17) is 0 Å². The first-order chi connectivity index (χ1) is 16.1. The lowest BCUT2D eigenvalue weighted by Gasteiger charge is -2.25. The maximum absolute atomic E-state index is 13.5. The third-order valence-corrected chi connectivity index (χ3v) is 5.48. The topological polar surface area (TPSA) is 78.5 Å². The van der Waals surface area contributed by atoms with E-state index in [9.17, 15) is 14.4 Å². The summed E-state index contributed by atoms with van der Waals surface area (Å²) in [5.41, 5.74) is 2.04. The highest BCUT2D eigenvalue weighted by Gasteiger charge is 2.36. The van der Waals surface area contributed by atoms with Gasteiger partial charge in [0.1, 0.15) is 11.7 Å². The van der Waals surface area contributed by atoms with Gasteiger partial charge in [0.15, 0.2) is 0 Å². The molecular formula is C27H25N3O3. The van der Waals surface area contributed by atoms with Crippen LogP contribution in [0.2, 0.25) is 0 Å². The molecule has 0 unspecified atom stereocenters. The third kappa shape index (κ3) is 5.54. The predicted molar refractivity (Wildman–Crippen MR) is 128 cm³/mol. The van der Waals surface area contributed by atoms with Gasteiger partial charge in [-0.15, -0.1) is 0 Å². The fourth-order valence-electron chi connectivity index (χ4n) is 3.84. The van der Waals surface area contributed by atoms with Crippen LogP contribution < -0.4 is 10.6 Å². The molecule has 0 saturated carbocycles. The Hall–Kier alpha value is -4.19. The summed E-state index contributed by atoms with van der Waals surface area (Å²) < 4.78 is 0. The van der Waals surface area contributed by atoms with Gasteiger partial charge in [0, 0.05) is 17.8 Å². The molecular weight excluding hydrogens is 414 g/mol. The number of para-hydroxylation sites is 1. The molecule has 6 nitrogen and oxygen atoms in total. The van der Waals surface area contributed by atoms with Gasteiger partial charge in [-0.2, -0.15) is 0 Å². The van der Waals surface area contributed by atoms with Gasteiger partial charge in [-0.05, 0) is 48.7 Å². The normalized spacial score (nSPS) is 15.7. The van der Waals surface area contributed by atoms with Crippen LogP contribution in [-0.4, -0.2) is 35.2 Å². The summed E-state index contributed by atoms with van der Waals surface area (Å²) in [6.45, 7) is 0.443. The maximum Gasteiger partial charge on any atom is 0.271 e. The molecule has 1 fully saturated rings. The van der Waals surface area contributed by atoms with Gasteiger partial charge < -0.3 is 15.5 Å². The van der Waals surface area contributed by atoms with Crippen molar-refractivity contribution < 1.29 is 14.4 Å². The van der Waals surface area contributed by atoms with Crippen molar-refractivity contribution in [2.24, 2.45) is 0 Å². The number of hydrogen-bond acceptors (Lipinski definition) is 3. The largest absolute Gasteiger partial charge is 0.325 e. The molecule has 3 aromatic rings. The molecule has 1 saturated heterocycles. The summed E-state index contributed by atoms with van der Waals surface area (Å²) in [6, 6.07) is 26.6. The highest BCUT2D eigenvalue weighted by atomic mass is 16.2. The van der Waals surface area contributed by atoms with E-state index in [-0.39, 0.29) is 23.4 Å². The van der Waals surface area contributed by atoms with E-state index >= 15 is 0 Å². The lowest BCUT2D eigenvalue weighted by atomic mass is 10.1. The van der Waals surface area contributed by atoms with Crippen molar-refractivity contribution in [1.82, 2.24) is 10.2 Å². The number of anilines is 1. The summed E-state index contributed by atoms with van der Waals surface area (Å²) in [6.07, 6.45) is 2.92. The monoisotopic (exact) mass is 439 g/mol. The molecule has 0 radical (unpaired) electrons. The minimum absolute atomic E-state index is 0.134. The number of rotatable bonds is 6. The van der Waals surface area contributed by atoms with Gasteiger partial charge in [-0.3, -0.25) is 14.4 Å². The smallest absolute Gasteiger partial charge is 0.271 e. The molecule has 3 amide bonds. The van der Waals surface area contributed by atoms with E-state index in [2.05, 4.69) is 10.6 Å². The molecule has 0 spiro atoms. The molecule has 4 rings (SSSR count). The molecule has 33 heavy (non-hydrogen) atoms. The van der Waals surface area contributed by atoms with Gasteiger partial charge in [-0.1, -0.05) is 66.7 Å². The van der Waals surface area contributed by atoms with Crippen molar-refractivity contribution in [3.05, 3.63) is 108 Å². The number of amides is 3. The molecule has 0 bridgehead atoms. The Labute approximate surface area is 192 Å². The number of benzene rings is 3. The highest BCUT2D eigenvalue weighted by Crippen LogP contribution is 2.22. The van der Waals surface area contributed by atoms with Crippen LogP contribution in [0.1, 0.15) is 28.8 Å². The van der Waals surface area contributed by atoms with Crippen LogP contribution >= 0.6 is 0 Å². The van der Waals surface area contributed by atoms with Crippen molar-refractivity contribution in [3.63, 3.8) is 0 Å². The van der Waals surface area contributed by atoms with Crippen LogP contribution in [0.15, 0.2) is 96.7 Å². The standard InChI is InChI=1S/C27H25N3O3/c31-25(21-13-6-2-7-14-21)29-23(19-20-11-4-1-5-12-20)27(33)30-18-10-17-24(30)26(32)28-22-15-8-3-9-16-22/h1-9,11-16,19,24H,10,17-18H2,(H,28,32)(H,29,31)/b23-19+/t24-/m0/s1. The molecule has 1 atom stereocenters. The van der Waals surface area contributed by atoms with E-state index in [1.54, 1.807) is 47.4 Å². The molecule has 1 aliphatic rings. The van der Waals surface area contributed by atoms with Crippen LogP contribution in [0.25, 0.3) is 6.08 Å². The van der Waals surface area contributed by atoms with Crippen molar-refractivity contribution in [1.29, 1.82) is 0 Å². The first-order valence-corrected chi connectivity index (χ1v) is 10.9. The average molecular weight is 440 g/mol. The zero-order valence-electron chi connectivity index (χ0n) is 18.1. The molecule has 166 valence electrons. The Morgan fingerprint density at radius 1 is 0.818 bits per heavy atom. The van der Waals surface area contributed by atoms with Gasteiger partial charge in [0.05, 0.1) is 0 Å². The van der Waals surface area contributed by atoms with E-state index in [0.717, 1.165) is 5.56 Å². The second kappa shape index (κ2) is 10.4. The zero-order valence-corrected chi connectivity index (χ0v) is 18.1. The number of likely N-dealkylation sites (tertiary alicyclic amines) is 1. The summed E-state index contributed by atoms with van der Waals surface area (Å²) in [4.78, 5) is 40.8. The quantitative estimate of drug-likeness (QED) is 0.568. The number of hydrogen-bond donors (Lipinski definition) is 2. The minimum atomic E-state index is -0.606. The van der Waals surface area contributed by atoms with Crippen molar-refractivity contribution in [2.75, 3.05) is 11.9 Å². The van der Waals surface area contributed by atoms with E-state index in [0.29, 0.717) is 30.6 Å². The molecule has 1 aliphatic heterocycles. The summed E-state index contributed by atoms with van der Waals surface area (Å²) in [5.74, 6) is -0.995. The van der Waals surface area contributed by atoms with Crippen LogP contribution in [0, 0.1) is 0 Å². The zero-order chi connectivity index (χ0) is 23.0. The Morgan fingerprint density at radius 3 is 2.09 bits per heavy atom. The fraction of sp³-hybridized carbons (Fsp3) is 0.148. The third-order valence-electron chi connectivity index (χ3n) is 5.48. The SMILES string of the molecule is O=C(N/C(=C/c1ccccc1)C(=O)N1CCC[C@H]1C(=O)Nc1ccccc1)c1ccccc1. The summed E-state index contributed by atoms with van der Waals surface area (Å²) in [5, 5.41) is 5.65. The molecule has 1 heterocycles. The van der Waals surface area contributed by atoms with Crippen LogP contribution in [-0.2, 0) is 9.59 Å². The van der Waals surface area contributed by atoms with Crippen LogP contribution in [0.5, 0.6) is 0 Å². The van der Waals surface area contributed by atoms with Crippen LogP contribution in [0.3, 0.4) is 0 Å². The number of carbonyl (C=O) groups excluding carboxylic acids is 3. The Morgan fingerprint density at radius 2 is 1.42 bits per heavy atom. The van der Waals surface area contributed by atoms with Crippen molar-refractivity contribution >= 4 is 29.5 Å². The Balaban J connectivity index is 1.57. The van der Waals surface area contributed by atoms with Crippen molar-refractivity contribution in [3.8, 4) is 0 Å². The lowest BCUT2D eigenvalue weighted by Crippen LogP contribution is -2.46.